The van der Waals surface area contributed by atoms with E-state index in [0.717, 1.165) is 12.3 Å². The number of H-pyrrole nitrogens is 1. The molecule has 0 aliphatic carbocycles. The number of oxime groups is 1. The zero-order valence-corrected chi connectivity index (χ0v) is 11.8. The highest BCUT2D eigenvalue weighted by atomic mass is 19.2. The van der Waals surface area contributed by atoms with E-state index in [1.54, 1.807) is 0 Å². The quantitative estimate of drug-likeness (QED) is 0.438. The zero-order chi connectivity index (χ0) is 16.4. The Kier molecular flexibility index (Phi) is 3.88. The zero-order valence-electron chi connectivity index (χ0n) is 11.8. The molecule has 1 aromatic carbocycles. The van der Waals surface area contributed by atoms with E-state index in [0.29, 0.717) is 23.5 Å². The number of nitrogens with zero attached hydrogens (tertiary/aromatic N) is 3. The number of hydrogen-bond acceptors (Lipinski definition) is 4. The Bertz CT molecular complexity index is 946. The Labute approximate surface area is 128 Å². The summed E-state index contributed by atoms with van der Waals surface area (Å²) in [5.74, 6) is -1.78. The Balaban J connectivity index is 1.88. The fraction of sp³-hybridized carbons (Fsp3) is 0.133. The van der Waals surface area contributed by atoms with Crippen molar-refractivity contribution in [1.29, 1.82) is 0 Å². The third-order valence-electron chi connectivity index (χ3n) is 3.40. The van der Waals surface area contributed by atoms with Crippen molar-refractivity contribution in [2.75, 3.05) is 0 Å². The molecule has 0 saturated heterocycles. The monoisotopic (exact) mass is 318 g/mol. The second kappa shape index (κ2) is 5.99. The molecule has 6 nitrogen and oxygen atoms in total. The molecule has 0 aliphatic rings. The summed E-state index contributed by atoms with van der Waals surface area (Å²) >= 11 is 0. The highest BCUT2D eigenvalue weighted by Gasteiger charge is 2.10. The molecule has 0 aliphatic heterocycles. The molecule has 3 rings (SSSR count). The minimum atomic E-state index is -0.899. The topological polar surface area (TPSA) is 82.8 Å². The molecule has 0 radical (unpaired) electrons. The molecule has 118 valence electrons. The van der Waals surface area contributed by atoms with Crippen LogP contribution in [0.4, 0.5) is 8.78 Å². The number of benzene rings is 1. The third-order valence-corrected chi connectivity index (χ3v) is 3.40. The second-order valence-electron chi connectivity index (χ2n) is 4.95. The van der Waals surface area contributed by atoms with Crippen LogP contribution in [0.5, 0.6) is 0 Å². The van der Waals surface area contributed by atoms with Gasteiger partial charge in [0.15, 0.2) is 17.3 Å². The molecule has 0 unspecified atom stereocenters. The maximum absolute atomic E-state index is 13.6. The molecular formula is C15H12F2N4O2. The number of nitrogens with one attached hydrogen (secondary N) is 1. The summed E-state index contributed by atoms with van der Waals surface area (Å²) in [6.07, 6.45) is 1.65. The molecule has 0 amide bonds. The van der Waals surface area contributed by atoms with E-state index in [4.69, 9.17) is 5.21 Å². The van der Waals surface area contributed by atoms with Gasteiger partial charge in [0, 0.05) is 17.8 Å². The van der Waals surface area contributed by atoms with Gasteiger partial charge < -0.3 is 5.21 Å². The van der Waals surface area contributed by atoms with Crippen LogP contribution in [-0.2, 0) is 12.8 Å². The number of fused-ring (bicyclic) bond motifs is 1. The third kappa shape index (κ3) is 2.96. The summed E-state index contributed by atoms with van der Waals surface area (Å²) < 4.78 is 28.0. The van der Waals surface area contributed by atoms with Crippen molar-refractivity contribution in [1.82, 2.24) is 14.6 Å². The van der Waals surface area contributed by atoms with Gasteiger partial charge in [0.2, 0.25) is 0 Å². The fourth-order valence-corrected chi connectivity index (χ4v) is 2.32. The van der Waals surface area contributed by atoms with Crippen molar-refractivity contribution in [3.05, 3.63) is 69.3 Å². The summed E-state index contributed by atoms with van der Waals surface area (Å²) in [5.41, 5.74) is 1.11. The number of halogens is 2. The van der Waals surface area contributed by atoms with E-state index < -0.39 is 11.6 Å². The maximum Gasteiger partial charge on any atom is 0.272 e. The lowest BCUT2D eigenvalue weighted by Gasteiger charge is -2.04. The van der Waals surface area contributed by atoms with Crippen LogP contribution in [0.1, 0.15) is 17.0 Å². The highest BCUT2D eigenvalue weighted by molar-refractivity contribution is 5.78. The van der Waals surface area contributed by atoms with Gasteiger partial charge in [-0.25, -0.2) is 18.3 Å². The van der Waals surface area contributed by atoms with Crippen molar-refractivity contribution >= 4 is 11.9 Å². The molecule has 0 bridgehead atoms. The number of rotatable bonds is 4. The van der Waals surface area contributed by atoms with Gasteiger partial charge in [0.05, 0.1) is 11.9 Å². The minimum absolute atomic E-state index is 0.224. The first-order valence-corrected chi connectivity index (χ1v) is 6.80. The van der Waals surface area contributed by atoms with E-state index in [2.05, 4.69) is 15.2 Å². The average Bonchev–Trinajstić information content (AvgIpc) is 2.92. The molecular weight excluding hydrogens is 306 g/mol. The Morgan fingerprint density at radius 2 is 2.13 bits per heavy atom. The van der Waals surface area contributed by atoms with Crippen molar-refractivity contribution < 1.29 is 14.0 Å². The van der Waals surface area contributed by atoms with Crippen LogP contribution in [0.15, 0.2) is 40.3 Å². The lowest BCUT2D eigenvalue weighted by molar-refractivity contribution is 0.321. The summed E-state index contributed by atoms with van der Waals surface area (Å²) in [6, 6.07) is 6.84. The first-order chi connectivity index (χ1) is 11.1. The summed E-state index contributed by atoms with van der Waals surface area (Å²) in [5, 5.41) is 14.1. The van der Waals surface area contributed by atoms with Crippen molar-refractivity contribution in [3.8, 4) is 0 Å². The smallest absolute Gasteiger partial charge is 0.272 e. The minimum Gasteiger partial charge on any atom is -0.411 e. The average molecular weight is 318 g/mol. The number of hydrogen-bond donors (Lipinski definition) is 2. The molecule has 3 aromatic rings. The summed E-state index contributed by atoms with van der Waals surface area (Å²) in [6.45, 7) is 0. The van der Waals surface area contributed by atoms with Crippen LogP contribution in [0.2, 0.25) is 0 Å². The first-order valence-electron chi connectivity index (χ1n) is 6.80. The van der Waals surface area contributed by atoms with E-state index in [1.807, 2.05) is 0 Å². The van der Waals surface area contributed by atoms with Gasteiger partial charge in [-0.1, -0.05) is 17.3 Å². The van der Waals surface area contributed by atoms with Gasteiger partial charge in [0.1, 0.15) is 0 Å². The maximum atomic E-state index is 13.6. The second-order valence-corrected chi connectivity index (χ2v) is 4.95. The Hall–Kier alpha value is -3.03. The summed E-state index contributed by atoms with van der Waals surface area (Å²) in [4.78, 5) is 16.3. The van der Waals surface area contributed by atoms with E-state index >= 15 is 0 Å². The van der Waals surface area contributed by atoms with Crippen LogP contribution < -0.4 is 5.56 Å². The van der Waals surface area contributed by atoms with Crippen molar-refractivity contribution in [2.45, 2.75) is 12.8 Å². The number of aromatic nitrogens is 3. The molecule has 0 fully saturated rings. The molecule has 0 saturated carbocycles. The lowest BCUT2D eigenvalue weighted by atomic mass is 10.1. The van der Waals surface area contributed by atoms with E-state index in [9.17, 15) is 13.6 Å². The van der Waals surface area contributed by atoms with E-state index in [-0.39, 0.29) is 17.5 Å². The predicted octanol–water partition coefficient (Wildman–Crippen LogP) is 1.89. The molecule has 8 heteroatoms. The molecule has 0 spiro atoms. The van der Waals surface area contributed by atoms with Crippen molar-refractivity contribution in [3.63, 3.8) is 0 Å². The van der Waals surface area contributed by atoms with Crippen molar-refractivity contribution in [2.24, 2.45) is 5.16 Å². The first kappa shape index (κ1) is 14.9. The van der Waals surface area contributed by atoms with Crippen LogP contribution in [0.25, 0.3) is 5.65 Å². The lowest BCUT2D eigenvalue weighted by Crippen LogP contribution is -2.16. The van der Waals surface area contributed by atoms with Crippen LogP contribution >= 0.6 is 0 Å². The highest BCUT2D eigenvalue weighted by Crippen LogP contribution is 2.13. The van der Waals surface area contributed by atoms with Crippen LogP contribution in [0, 0.1) is 11.6 Å². The molecule has 2 N–H and O–H groups in total. The Morgan fingerprint density at radius 1 is 1.30 bits per heavy atom. The van der Waals surface area contributed by atoms with Gasteiger partial charge in [0.25, 0.3) is 5.56 Å². The van der Waals surface area contributed by atoms with Crippen LogP contribution in [0.3, 0.4) is 0 Å². The van der Waals surface area contributed by atoms with Gasteiger partial charge in [-0.2, -0.15) is 0 Å². The Morgan fingerprint density at radius 3 is 2.91 bits per heavy atom. The van der Waals surface area contributed by atoms with Crippen LogP contribution in [-0.4, -0.2) is 26.0 Å². The number of aromatic amines is 1. The van der Waals surface area contributed by atoms with Gasteiger partial charge in [-0.3, -0.25) is 9.89 Å². The molecule has 0 atom stereocenters. The largest absolute Gasteiger partial charge is 0.411 e. The molecule has 23 heavy (non-hydrogen) atoms. The number of aryl methyl sites for hydroxylation is 2. The SMILES string of the molecule is O=c1cc(CCc2cccc(F)c2F)nc2cc(C=NO)[nH]n12. The van der Waals surface area contributed by atoms with Gasteiger partial charge in [-0.05, 0) is 24.5 Å². The fourth-order valence-electron chi connectivity index (χ4n) is 2.32. The van der Waals surface area contributed by atoms with Gasteiger partial charge in [-0.15, -0.1) is 0 Å². The summed E-state index contributed by atoms with van der Waals surface area (Å²) in [7, 11) is 0. The van der Waals surface area contributed by atoms with E-state index in [1.165, 1.54) is 28.8 Å². The normalized spacial score (nSPS) is 11.6. The molecule has 2 heterocycles. The van der Waals surface area contributed by atoms with Gasteiger partial charge >= 0.3 is 0 Å². The standard InChI is InChI=1S/C15H12F2N4O2/c16-12-3-1-2-9(15(12)17)4-5-10-7-14(22)21-13(19-10)6-11(20-21)8-18-23/h1-3,6-8,20,23H,4-5H2. The molecule has 2 aromatic heterocycles. The predicted molar refractivity (Wildman–Crippen MR) is 79.0 cm³/mol.